The van der Waals surface area contributed by atoms with E-state index in [0.717, 1.165) is 11.3 Å². The molecule has 1 N–H and O–H groups in total. The van der Waals surface area contributed by atoms with E-state index in [4.69, 9.17) is 4.74 Å². The number of rotatable bonds is 7. The first-order chi connectivity index (χ1) is 16.1. The Balaban J connectivity index is 1.55. The van der Waals surface area contributed by atoms with Gasteiger partial charge >= 0.3 is 0 Å². The highest BCUT2D eigenvalue weighted by Gasteiger charge is 2.13. The van der Waals surface area contributed by atoms with Crippen LogP contribution in [-0.2, 0) is 4.79 Å². The second-order valence-electron chi connectivity index (χ2n) is 7.17. The third kappa shape index (κ3) is 5.71. The van der Waals surface area contributed by atoms with Gasteiger partial charge in [-0.05, 0) is 65.7 Å². The fraction of sp³-hybridized carbons (Fsp3) is 0. The highest BCUT2D eigenvalue weighted by molar-refractivity contribution is 6.29. The van der Waals surface area contributed by atoms with Crippen molar-refractivity contribution in [3.05, 3.63) is 130 Å². The summed E-state index contributed by atoms with van der Waals surface area (Å²) in [6.07, 6.45) is 1.71. The van der Waals surface area contributed by atoms with Gasteiger partial charge in [-0.2, -0.15) is 0 Å². The number of carbonyl (C=O) groups excluding carboxylic acids is 1. The lowest BCUT2D eigenvalue weighted by Gasteiger charge is -2.11. The Labute approximate surface area is 190 Å². The van der Waals surface area contributed by atoms with Crippen LogP contribution in [0.3, 0.4) is 0 Å². The van der Waals surface area contributed by atoms with Crippen molar-refractivity contribution < 1.29 is 14.5 Å². The SMILES string of the molecule is O=C(Nc1ccc(Oc2ccccc2)cc1)/C(=C/c1ccc([N+](=O)[O-])cc1)c1ccccc1. The van der Waals surface area contributed by atoms with Gasteiger partial charge in [0.05, 0.1) is 4.92 Å². The van der Waals surface area contributed by atoms with E-state index in [2.05, 4.69) is 5.32 Å². The minimum Gasteiger partial charge on any atom is -0.457 e. The Hall–Kier alpha value is -4.71. The first-order valence-electron chi connectivity index (χ1n) is 10.2. The number of anilines is 1. The van der Waals surface area contributed by atoms with Crippen LogP contribution in [0.4, 0.5) is 11.4 Å². The maximum Gasteiger partial charge on any atom is 0.269 e. The third-order valence-corrected chi connectivity index (χ3v) is 4.84. The quantitative estimate of drug-likeness (QED) is 0.154. The number of nitro groups is 1. The molecular weight excluding hydrogens is 416 g/mol. The smallest absolute Gasteiger partial charge is 0.269 e. The van der Waals surface area contributed by atoms with Crippen LogP contribution in [0.5, 0.6) is 11.5 Å². The summed E-state index contributed by atoms with van der Waals surface area (Å²) in [5.41, 5.74) is 2.47. The van der Waals surface area contributed by atoms with E-state index in [1.165, 1.54) is 12.1 Å². The molecule has 4 rings (SSSR count). The van der Waals surface area contributed by atoms with E-state index in [-0.39, 0.29) is 11.6 Å². The molecule has 4 aromatic rings. The second kappa shape index (κ2) is 10.1. The first kappa shape index (κ1) is 21.5. The second-order valence-corrected chi connectivity index (χ2v) is 7.17. The molecular formula is C27H20N2O4. The van der Waals surface area contributed by atoms with Gasteiger partial charge in [-0.25, -0.2) is 0 Å². The fourth-order valence-electron chi connectivity index (χ4n) is 3.19. The first-order valence-corrected chi connectivity index (χ1v) is 10.2. The van der Waals surface area contributed by atoms with Gasteiger partial charge in [0.2, 0.25) is 0 Å². The van der Waals surface area contributed by atoms with Gasteiger partial charge in [-0.1, -0.05) is 48.5 Å². The molecule has 6 nitrogen and oxygen atoms in total. The van der Waals surface area contributed by atoms with Crippen LogP contribution in [0.1, 0.15) is 11.1 Å². The molecule has 0 saturated carbocycles. The van der Waals surface area contributed by atoms with Gasteiger partial charge in [0, 0.05) is 23.4 Å². The summed E-state index contributed by atoms with van der Waals surface area (Å²) in [6, 6.07) is 31.9. The van der Waals surface area contributed by atoms with Crippen LogP contribution in [0, 0.1) is 10.1 Å². The largest absolute Gasteiger partial charge is 0.457 e. The number of nitrogens with zero attached hydrogens (tertiary/aromatic N) is 1. The van der Waals surface area contributed by atoms with Crippen LogP contribution < -0.4 is 10.1 Å². The summed E-state index contributed by atoms with van der Waals surface area (Å²) < 4.78 is 5.79. The normalized spacial score (nSPS) is 11.0. The molecule has 0 heterocycles. The number of non-ortho nitro benzene ring substituents is 1. The highest BCUT2D eigenvalue weighted by atomic mass is 16.6. The zero-order chi connectivity index (χ0) is 23.0. The molecule has 0 radical (unpaired) electrons. The van der Waals surface area contributed by atoms with Gasteiger partial charge in [0.1, 0.15) is 11.5 Å². The molecule has 0 spiro atoms. The molecule has 6 heteroatoms. The van der Waals surface area contributed by atoms with Crippen molar-refractivity contribution in [2.45, 2.75) is 0 Å². The summed E-state index contributed by atoms with van der Waals surface area (Å²) in [4.78, 5) is 23.6. The third-order valence-electron chi connectivity index (χ3n) is 4.84. The summed E-state index contributed by atoms with van der Waals surface area (Å²) in [5, 5.41) is 13.8. The average molecular weight is 436 g/mol. The summed E-state index contributed by atoms with van der Waals surface area (Å²) in [6.45, 7) is 0. The fourth-order valence-corrected chi connectivity index (χ4v) is 3.19. The van der Waals surface area contributed by atoms with Crippen molar-refractivity contribution in [2.75, 3.05) is 5.32 Å². The molecule has 33 heavy (non-hydrogen) atoms. The lowest BCUT2D eigenvalue weighted by atomic mass is 10.0. The van der Waals surface area contributed by atoms with E-state index in [1.807, 2.05) is 60.7 Å². The number of nitrogens with one attached hydrogen (secondary N) is 1. The number of benzene rings is 4. The van der Waals surface area contributed by atoms with Gasteiger partial charge in [0.25, 0.3) is 11.6 Å². The summed E-state index contributed by atoms with van der Waals surface area (Å²) >= 11 is 0. The zero-order valence-corrected chi connectivity index (χ0v) is 17.5. The van der Waals surface area contributed by atoms with Crippen LogP contribution in [-0.4, -0.2) is 10.8 Å². The van der Waals surface area contributed by atoms with Gasteiger partial charge < -0.3 is 10.1 Å². The predicted octanol–water partition coefficient (Wildman–Crippen LogP) is 6.57. The molecule has 0 aromatic heterocycles. The number of para-hydroxylation sites is 1. The molecule has 0 aliphatic rings. The molecule has 0 fully saturated rings. The molecule has 4 aromatic carbocycles. The van der Waals surface area contributed by atoms with Crippen molar-refractivity contribution in [2.24, 2.45) is 0 Å². The average Bonchev–Trinajstić information content (AvgIpc) is 2.85. The van der Waals surface area contributed by atoms with Gasteiger partial charge in [-0.3, -0.25) is 14.9 Å². The number of amides is 1. The zero-order valence-electron chi connectivity index (χ0n) is 17.5. The van der Waals surface area contributed by atoms with Crippen LogP contribution in [0.25, 0.3) is 11.6 Å². The topological polar surface area (TPSA) is 81.5 Å². The van der Waals surface area contributed by atoms with E-state index >= 15 is 0 Å². The monoisotopic (exact) mass is 436 g/mol. The minimum atomic E-state index is -0.455. The number of ether oxygens (including phenoxy) is 1. The molecule has 0 atom stereocenters. The van der Waals surface area contributed by atoms with Crippen molar-refractivity contribution in [3.8, 4) is 11.5 Å². The summed E-state index contributed by atoms with van der Waals surface area (Å²) in [5.74, 6) is 1.09. The predicted molar refractivity (Wildman–Crippen MR) is 129 cm³/mol. The van der Waals surface area contributed by atoms with Crippen molar-refractivity contribution in [1.82, 2.24) is 0 Å². The number of carbonyl (C=O) groups is 1. The molecule has 0 aliphatic carbocycles. The molecule has 0 aliphatic heterocycles. The maximum atomic E-state index is 13.1. The number of nitro benzene ring substituents is 1. The highest BCUT2D eigenvalue weighted by Crippen LogP contribution is 2.25. The van der Waals surface area contributed by atoms with E-state index in [0.29, 0.717) is 22.6 Å². The minimum absolute atomic E-state index is 0.00401. The van der Waals surface area contributed by atoms with E-state index in [9.17, 15) is 14.9 Å². The standard InChI is InChI=1S/C27H20N2O4/c30-27(28-22-13-17-25(18-14-22)33-24-9-5-2-6-10-24)26(21-7-3-1-4-8-21)19-20-11-15-23(16-12-20)29(31)32/h1-19H,(H,28,30)/b26-19+. The number of hydrogen-bond donors (Lipinski definition) is 1. The van der Waals surface area contributed by atoms with Crippen LogP contribution in [0.15, 0.2) is 109 Å². The summed E-state index contributed by atoms with van der Waals surface area (Å²) in [7, 11) is 0. The van der Waals surface area contributed by atoms with Gasteiger partial charge in [0.15, 0.2) is 0 Å². The van der Waals surface area contributed by atoms with Crippen LogP contribution >= 0.6 is 0 Å². The number of hydrogen-bond acceptors (Lipinski definition) is 4. The van der Waals surface area contributed by atoms with Crippen molar-refractivity contribution in [3.63, 3.8) is 0 Å². The molecule has 162 valence electrons. The molecule has 1 amide bonds. The Bertz CT molecular complexity index is 1270. The Morgan fingerprint density at radius 3 is 1.94 bits per heavy atom. The van der Waals surface area contributed by atoms with Gasteiger partial charge in [-0.15, -0.1) is 0 Å². The lowest BCUT2D eigenvalue weighted by molar-refractivity contribution is -0.384. The molecule has 0 unspecified atom stereocenters. The Morgan fingerprint density at radius 2 is 1.33 bits per heavy atom. The van der Waals surface area contributed by atoms with Crippen LogP contribution in [0.2, 0.25) is 0 Å². The van der Waals surface area contributed by atoms with Crippen molar-refractivity contribution >= 4 is 28.9 Å². The van der Waals surface area contributed by atoms with E-state index in [1.54, 1.807) is 42.5 Å². The van der Waals surface area contributed by atoms with E-state index < -0.39 is 4.92 Å². The van der Waals surface area contributed by atoms with Crippen molar-refractivity contribution in [1.29, 1.82) is 0 Å². The molecule has 0 bridgehead atoms. The maximum absolute atomic E-state index is 13.1. The Morgan fingerprint density at radius 1 is 0.758 bits per heavy atom. The lowest BCUT2D eigenvalue weighted by Crippen LogP contribution is -2.13. The molecule has 0 saturated heterocycles. The Kier molecular flexibility index (Phi) is 6.56.